The highest BCUT2D eigenvalue weighted by molar-refractivity contribution is 6.39. The van der Waals surface area contributed by atoms with Gasteiger partial charge in [-0.15, -0.1) is 0 Å². The van der Waals surface area contributed by atoms with Gasteiger partial charge in [-0.3, -0.25) is 4.79 Å². The maximum absolute atomic E-state index is 12.2. The molecule has 3 nitrogen and oxygen atoms in total. The fourth-order valence-corrected chi connectivity index (χ4v) is 2.12. The zero-order valence-corrected chi connectivity index (χ0v) is 11.8. The summed E-state index contributed by atoms with van der Waals surface area (Å²) in [6, 6.07) is 7.04. The Morgan fingerprint density at radius 1 is 1.33 bits per heavy atom. The monoisotopic (exact) mass is 284 g/mol. The number of nitrogens with one attached hydrogen (secondary N) is 1. The molecule has 0 aliphatic rings. The predicted molar refractivity (Wildman–Crippen MR) is 73.7 cm³/mol. The fraction of sp³-hybridized carbons (Fsp3) is 0.385. The molecule has 0 aromatic heterocycles. The first-order chi connectivity index (χ1) is 8.50. The van der Waals surface area contributed by atoms with E-state index in [0.717, 1.165) is 0 Å². The van der Waals surface area contributed by atoms with E-state index in [9.17, 15) is 10.1 Å². The second-order valence-corrected chi connectivity index (χ2v) is 4.77. The molecule has 18 heavy (non-hydrogen) atoms. The van der Waals surface area contributed by atoms with Crippen molar-refractivity contribution >= 4 is 34.8 Å². The molecule has 5 heteroatoms. The molecule has 1 rings (SSSR count). The van der Waals surface area contributed by atoms with Crippen LogP contribution in [0, 0.1) is 16.7 Å². The molecule has 0 unspecified atom stereocenters. The first kappa shape index (κ1) is 14.8. The Morgan fingerprint density at radius 2 is 1.83 bits per heavy atom. The molecule has 0 fully saturated rings. The number of nitriles is 1. The van der Waals surface area contributed by atoms with Crippen LogP contribution in [0.1, 0.15) is 26.7 Å². The van der Waals surface area contributed by atoms with Crippen LogP contribution in [0.5, 0.6) is 0 Å². The molecule has 0 spiro atoms. The van der Waals surface area contributed by atoms with E-state index in [4.69, 9.17) is 23.2 Å². The molecule has 1 N–H and O–H groups in total. The summed E-state index contributed by atoms with van der Waals surface area (Å²) in [6.45, 7) is 3.61. The smallest absolute Gasteiger partial charge is 0.244 e. The number of benzene rings is 1. The number of carbonyl (C=O) groups is 1. The normalized spacial score (nSPS) is 10.8. The molecule has 96 valence electrons. The van der Waals surface area contributed by atoms with Crippen LogP contribution in [0.4, 0.5) is 5.69 Å². The SMILES string of the molecule is CCC(C#N)(CC)C(=O)Nc1c(Cl)cccc1Cl. The van der Waals surface area contributed by atoms with Crippen molar-refractivity contribution in [1.82, 2.24) is 0 Å². The summed E-state index contributed by atoms with van der Waals surface area (Å²) in [6.07, 6.45) is 0.877. The molecular formula is C13H14Cl2N2O. The molecule has 1 aromatic rings. The maximum Gasteiger partial charge on any atom is 0.244 e. The fourth-order valence-electron chi connectivity index (χ4n) is 1.63. The van der Waals surface area contributed by atoms with Gasteiger partial charge >= 0.3 is 0 Å². The number of amides is 1. The van der Waals surface area contributed by atoms with Crippen molar-refractivity contribution in [2.24, 2.45) is 5.41 Å². The minimum absolute atomic E-state index is 0.354. The first-order valence-electron chi connectivity index (χ1n) is 5.67. The first-order valence-corrected chi connectivity index (χ1v) is 6.43. The Kier molecular flexibility index (Phi) is 5.01. The van der Waals surface area contributed by atoms with E-state index in [1.807, 2.05) is 0 Å². The molecule has 0 heterocycles. The van der Waals surface area contributed by atoms with Gasteiger partial charge in [-0.25, -0.2) is 0 Å². The lowest BCUT2D eigenvalue weighted by Crippen LogP contribution is -2.34. The molecule has 0 radical (unpaired) electrons. The van der Waals surface area contributed by atoms with Crippen LogP contribution >= 0.6 is 23.2 Å². The highest BCUT2D eigenvalue weighted by Crippen LogP contribution is 2.33. The van der Waals surface area contributed by atoms with Crippen LogP contribution in [0.3, 0.4) is 0 Å². The summed E-state index contributed by atoms with van der Waals surface area (Å²) >= 11 is 11.9. The minimum atomic E-state index is -1.04. The lowest BCUT2D eigenvalue weighted by atomic mass is 9.83. The quantitative estimate of drug-likeness (QED) is 0.898. The molecule has 0 saturated carbocycles. The second-order valence-electron chi connectivity index (χ2n) is 3.95. The predicted octanol–water partition coefficient (Wildman–Crippen LogP) is 4.26. The van der Waals surface area contributed by atoms with Gasteiger partial charge in [-0.05, 0) is 25.0 Å². The highest BCUT2D eigenvalue weighted by atomic mass is 35.5. The summed E-state index contributed by atoms with van der Waals surface area (Å²) in [4.78, 5) is 12.2. The van der Waals surface area contributed by atoms with E-state index in [1.165, 1.54) is 0 Å². The Labute approximate surface area is 117 Å². The van der Waals surface area contributed by atoms with Crippen LogP contribution in [-0.4, -0.2) is 5.91 Å². The zero-order chi connectivity index (χ0) is 13.8. The average molecular weight is 285 g/mol. The minimum Gasteiger partial charge on any atom is -0.322 e. The van der Waals surface area contributed by atoms with Crippen LogP contribution in [0.15, 0.2) is 18.2 Å². The van der Waals surface area contributed by atoms with Crippen molar-refractivity contribution in [1.29, 1.82) is 5.26 Å². The molecule has 0 aliphatic heterocycles. The van der Waals surface area contributed by atoms with Gasteiger partial charge < -0.3 is 5.32 Å². The van der Waals surface area contributed by atoms with Crippen LogP contribution in [-0.2, 0) is 4.79 Å². The summed E-state index contributed by atoms with van der Waals surface area (Å²) in [7, 11) is 0. The Hall–Kier alpha value is -1.24. The van der Waals surface area contributed by atoms with Gasteiger partial charge in [-0.1, -0.05) is 43.1 Å². The Balaban J connectivity index is 3.05. The Morgan fingerprint density at radius 3 is 2.22 bits per heavy atom. The molecular weight excluding hydrogens is 271 g/mol. The Bertz CT molecular complexity index is 470. The lowest BCUT2D eigenvalue weighted by Gasteiger charge is -2.22. The van der Waals surface area contributed by atoms with E-state index in [0.29, 0.717) is 28.6 Å². The van der Waals surface area contributed by atoms with Gasteiger partial charge in [0.2, 0.25) is 5.91 Å². The standard InChI is InChI=1S/C13H14Cl2N2O/c1-3-13(4-2,8-16)12(18)17-11-9(14)6-5-7-10(11)15/h5-7H,3-4H2,1-2H3,(H,17,18). The summed E-state index contributed by atoms with van der Waals surface area (Å²) in [5.74, 6) is -0.370. The lowest BCUT2D eigenvalue weighted by molar-refractivity contribution is -0.123. The van der Waals surface area contributed by atoms with E-state index in [-0.39, 0.29) is 5.91 Å². The zero-order valence-electron chi connectivity index (χ0n) is 10.3. The van der Waals surface area contributed by atoms with Crippen LogP contribution in [0.25, 0.3) is 0 Å². The highest BCUT2D eigenvalue weighted by Gasteiger charge is 2.35. The topological polar surface area (TPSA) is 52.9 Å². The van der Waals surface area contributed by atoms with Gasteiger partial charge in [-0.2, -0.15) is 5.26 Å². The average Bonchev–Trinajstić information content (AvgIpc) is 2.37. The molecule has 0 saturated heterocycles. The van der Waals surface area contributed by atoms with Crippen molar-refractivity contribution in [2.45, 2.75) is 26.7 Å². The molecule has 0 bridgehead atoms. The second kappa shape index (κ2) is 6.08. The van der Waals surface area contributed by atoms with Crippen molar-refractivity contribution < 1.29 is 4.79 Å². The summed E-state index contributed by atoms with van der Waals surface area (Å²) in [5, 5.41) is 12.5. The number of anilines is 1. The summed E-state index contributed by atoms with van der Waals surface area (Å²) in [5.41, 5.74) is -0.685. The van der Waals surface area contributed by atoms with Crippen LogP contribution < -0.4 is 5.32 Å². The van der Waals surface area contributed by atoms with Crippen molar-refractivity contribution in [3.05, 3.63) is 28.2 Å². The molecule has 0 aliphatic carbocycles. The van der Waals surface area contributed by atoms with Gasteiger partial charge in [0.1, 0.15) is 5.41 Å². The number of hydrogen-bond donors (Lipinski definition) is 1. The van der Waals surface area contributed by atoms with Gasteiger partial charge in [0, 0.05) is 0 Å². The van der Waals surface area contributed by atoms with Crippen molar-refractivity contribution in [2.75, 3.05) is 5.32 Å². The largest absolute Gasteiger partial charge is 0.322 e. The van der Waals surface area contributed by atoms with Gasteiger partial charge in [0.25, 0.3) is 0 Å². The number of halogens is 2. The van der Waals surface area contributed by atoms with Crippen LogP contribution in [0.2, 0.25) is 10.0 Å². The van der Waals surface area contributed by atoms with Crippen molar-refractivity contribution in [3.63, 3.8) is 0 Å². The maximum atomic E-state index is 12.2. The number of rotatable bonds is 4. The third-order valence-electron chi connectivity index (χ3n) is 3.06. The number of nitrogens with zero attached hydrogens (tertiary/aromatic N) is 1. The van der Waals surface area contributed by atoms with Crippen molar-refractivity contribution in [3.8, 4) is 6.07 Å². The number of para-hydroxylation sites is 1. The van der Waals surface area contributed by atoms with E-state index < -0.39 is 5.41 Å². The molecule has 1 aromatic carbocycles. The van der Waals surface area contributed by atoms with E-state index in [1.54, 1.807) is 32.0 Å². The third kappa shape index (κ3) is 2.77. The van der Waals surface area contributed by atoms with E-state index >= 15 is 0 Å². The molecule has 0 atom stereocenters. The van der Waals surface area contributed by atoms with E-state index in [2.05, 4.69) is 11.4 Å². The number of carbonyl (C=O) groups excluding carboxylic acids is 1. The summed E-state index contributed by atoms with van der Waals surface area (Å²) < 4.78 is 0. The third-order valence-corrected chi connectivity index (χ3v) is 3.69. The molecule has 1 amide bonds. The van der Waals surface area contributed by atoms with Gasteiger partial charge in [0.05, 0.1) is 21.8 Å². The van der Waals surface area contributed by atoms with Gasteiger partial charge in [0.15, 0.2) is 0 Å². The number of hydrogen-bond acceptors (Lipinski definition) is 2.